The first kappa shape index (κ1) is 14.6. The number of nitrogens with one attached hydrogen (secondary N) is 1. The molecule has 1 fully saturated rings. The molecular formula is C15H17FN4O2. The van der Waals surface area contributed by atoms with E-state index in [1.807, 2.05) is 19.1 Å². The van der Waals surface area contributed by atoms with Crippen LogP contribution in [0.25, 0.3) is 0 Å². The van der Waals surface area contributed by atoms with Crippen LogP contribution in [0.3, 0.4) is 0 Å². The molecule has 3 heterocycles. The predicted molar refractivity (Wildman–Crippen MR) is 78.2 cm³/mol. The van der Waals surface area contributed by atoms with Gasteiger partial charge in [0.05, 0.1) is 31.2 Å². The Labute approximate surface area is 127 Å². The minimum atomic E-state index is -0.462. The fourth-order valence-corrected chi connectivity index (χ4v) is 2.24. The second-order valence-corrected chi connectivity index (χ2v) is 5.13. The van der Waals surface area contributed by atoms with Gasteiger partial charge < -0.3 is 14.8 Å². The van der Waals surface area contributed by atoms with E-state index in [4.69, 9.17) is 9.47 Å². The van der Waals surface area contributed by atoms with Gasteiger partial charge in [-0.05, 0) is 25.5 Å². The first-order chi connectivity index (χ1) is 10.7. The third kappa shape index (κ3) is 3.67. The van der Waals surface area contributed by atoms with Crippen molar-refractivity contribution in [1.29, 1.82) is 0 Å². The van der Waals surface area contributed by atoms with E-state index in [1.54, 1.807) is 6.20 Å². The van der Waals surface area contributed by atoms with Gasteiger partial charge >= 0.3 is 0 Å². The van der Waals surface area contributed by atoms with Crippen molar-refractivity contribution in [2.75, 3.05) is 18.5 Å². The SMILES string of the molecule is Cc1ccc(O[C@H]2COCC[C@H]2Nc2ncc(F)cn2)cn1. The maximum Gasteiger partial charge on any atom is 0.223 e. The Morgan fingerprint density at radius 3 is 2.77 bits per heavy atom. The first-order valence-corrected chi connectivity index (χ1v) is 7.12. The second kappa shape index (κ2) is 6.65. The lowest BCUT2D eigenvalue weighted by atomic mass is 10.1. The lowest BCUT2D eigenvalue weighted by Gasteiger charge is -2.32. The molecule has 2 atom stereocenters. The van der Waals surface area contributed by atoms with Crippen molar-refractivity contribution < 1.29 is 13.9 Å². The molecule has 1 aliphatic heterocycles. The summed E-state index contributed by atoms with van der Waals surface area (Å²) in [5.74, 6) is 0.605. The highest BCUT2D eigenvalue weighted by Gasteiger charge is 2.28. The Kier molecular flexibility index (Phi) is 4.43. The molecule has 0 saturated carbocycles. The quantitative estimate of drug-likeness (QED) is 0.931. The van der Waals surface area contributed by atoms with Crippen molar-refractivity contribution in [2.45, 2.75) is 25.5 Å². The number of hydrogen-bond donors (Lipinski definition) is 1. The van der Waals surface area contributed by atoms with Gasteiger partial charge in [-0.2, -0.15) is 0 Å². The summed E-state index contributed by atoms with van der Waals surface area (Å²) in [7, 11) is 0. The van der Waals surface area contributed by atoms with Crippen LogP contribution in [0.4, 0.5) is 10.3 Å². The summed E-state index contributed by atoms with van der Waals surface area (Å²) in [6, 6.07) is 3.76. The lowest BCUT2D eigenvalue weighted by Crippen LogP contribution is -2.45. The van der Waals surface area contributed by atoms with E-state index in [2.05, 4.69) is 20.3 Å². The number of halogens is 1. The van der Waals surface area contributed by atoms with Crippen molar-refractivity contribution in [1.82, 2.24) is 15.0 Å². The minimum Gasteiger partial charge on any atom is -0.484 e. The molecule has 1 N–H and O–H groups in total. The molecule has 0 aromatic carbocycles. The molecule has 1 saturated heterocycles. The monoisotopic (exact) mass is 304 g/mol. The molecule has 2 aromatic rings. The van der Waals surface area contributed by atoms with Gasteiger partial charge in [0.15, 0.2) is 5.82 Å². The fraction of sp³-hybridized carbons (Fsp3) is 0.400. The van der Waals surface area contributed by atoms with E-state index in [0.29, 0.717) is 24.9 Å². The maximum atomic E-state index is 12.9. The average Bonchev–Trinajstić information content (AvgIpc) is 2.54. The van der Waals surface area contributed by atoms with Crippen LogP contribution in [-0.4, -0.2) is 40.3 Å². The Morgan fingerprint density at radius 1 is 1.23 bits per heavy atom. The largest absolute Gasteiger partial charge is 0.484 e. The van der Waals surface area contributed by atoms with Crippen molar-refractivity contribution in [3.05, 3.63) is 42.2 Å². The van der Waals surface area contributed by atoms with Crippen LogP contribution < -0.4 is 10.1 Å². The second-order valence-electron chi connectivity index (χ2n) is 5.13. The van der Waals surface area contributed by atoms with Crippen molar-refractivity contribution in [3.63, 3.8) is 0 Å². The zero-order valence-corrected chi connectivity index (χ0v) is 12.2. The van der Waals surface area contributed by atoms with Crippen LogP contribution in [-0.2, 0) is 4.74 Å². The molecule has 0 spiro atoms. The highest BCUT2D eigenvalue weighted by molar-refractivity contribution is 5.26. The average molecular weight is 304 g/mol. The van der Waals surface area contributed by atoms with Crippen molar-refractivity contribution in [2.24, 2.45) is 0 Å². The van der Waals surface area contributed by atoms with Crippen LogP contribution in [0, 0.1) is 12.7 Å². The molecule has 0 aliphatic carbocycles. The Morgan fingerprint density at radius 2 is 2.05 bits per heavy atom. The van der Waals surface area contributed by atoms with E-state index in [9.17, 15) is 4.39 Å². The van der Waals surface area contributed by atoms with E-state index >= 15 is 0 Å². The lowest BCUT2D eigenvalue weighted by molar-refractivity contribution is -0.000862. The van der Waals surface area contributed by atoms with Gasteiger partial charge in [0.25, 0.3) is 0 Å². The van der Waals surface area contributed by atoms with E-state index in [1.165, 1.54) is 0 Å². The molecule has 7 heteroatoms. The van der Waals surface area contributed by atoms with Gasteiger partial charge in [0.2, 0.25) is 5.95 Å². The van der Waals surface area contributed by atoms with Crippen LogP contribution in [0.2, 0.25) is 0 Å². The van der Waals surface area contributed by atoms with Crippen LogP contribution in [0.1, 0.15) is 12.1 Å². The summed E-state index contributed by atoms with van der Waals surface area (Å²) in [5, 5.41) is 3.18. The zero-order chi connectivity index (χ0) is 15.4. The third-order valence-electron chi connectivity index (χ3n) is 3.41. The maximum absolute atomic E-state index is 12.9. The van der Waals surface area contributed by atoms with Crippen molar-refractivity contribution in [3.8, 4) is 5.75 Å². The Balaban J connectivity index is 1.68. The summed E-state index contributed by atoms with van der Waals surface area (Å²) in [6.07, 6.45) is 4.52. The van der Waals surface area contributed by atoms with Gasteiger partial charge in [-0.15, -0.1) is 0 Å². The molecule has 6 nitrogen and oxygen atoms in total. The summed E-state index contributed by atoms with van der Waals surface area (Å²) in [6.45, 7) is 3.02. The van der Waals surface area contributed by atoms with Crippen LogP contribution in [0.15, 0.2) is 30.7 Å². The van der Waals surface area contributed by atoms with Gasteiger partial charge in [-0.25, -0.2) is 14.4 Å². The highest BCUT2D eigenvalue weighted by atomic mass is 19.1. The molecule has 22 heavy (non-hydrogen) atoms. The summed E-state index contributed by atoms with van der Waals surface area (Å²) in [4.78, 5) is 12.0. The third-order valence-corrected chi connectivity index (χ3v) is 3.41. The summed E-state index contributed by atoms with van der Waals surface area (Å²) >= 11 is 0. The molecule has 3 rings (SSSR count). The molecule has 0 unspecified atom stereocenters. The topological polar surface area (TPSA) is 69.2 Å². The number of pyridine rings is 1. The fourth-order valence-electron chi connectivity index (χ4n) is 2.24. The molecule has 0 bridgehead atoms. The number of aromatic nitrogens is 3. The normalized spacial score (nSPS) is 21.4. The number of nitrogens with zero attached hydrogens (tertiary/aromatic N) is 3. The van der Waals surface area contributed by atoms with E-state index < -0.39 is 5.82 Å². The number of anilines is 1. The number of rotatable bonds is 4. The standard InChI is InChI=1S/C15H17FN4O2/c1-10-2-3-12(8-17-10)22-14-9-21-5-4-13(14)20-15-18-6-11(16)7-19-15/h2-3,6-8,13-14H,4-5,9H2,1H3,(H,18,19,20)/t13-,14+/m1/s1. The van der Waals surface area contributed by atoms with Crippen LogP contribution in [0.5, 0.6) is 5.75 Å². The molecular weight excluding hydrogens is 287 g/mol. The Hall–Kier alpha value is -2.28. The molecule has 0 radical (unpaired) electrons. The summed E-state index contributed by atoms with van der Waals surface area (Å²) < 4.78 is 24.3. The predicted octanol–water partition coefficient (Wildman–Crippen LogP) is 1.97. The number of hydrogen-bond acceptors (Lipinski definition) is 6. The number of ether oxygens (including phenoxy) is 2. The van der Waals surface area contributed by atoms with Gasteiger partial charge in [0.1, 0.15) is 11.9 Å². The molecule has 1 aliphatic rings. The zero-order valence-electron chi connectivity index (χ0n) is 12.2. The van der Waals surface area contributed by atoms with E-state index in [-0.39, 0.29) is 12.1 Å². The molecule has 0 amide bonds. The summed E-state index contributed by atoms with van der Waals surface area (Å²) in [5.41, 5.74) is 0.932. The van der Waals surface area contributed by atoms with Gasteiger partial charge in [0, 0.05) is 12.3 Å². The number of aryl methyl sites for hydroxylation is 1. The minimum absolute atomic E-state index is 0.0134. The highest BCUT2D eigenvalue weighted by Crippen LogP contribution is 2.19. The molecule has 2 aromatic heterocycles. The van der Waals surface area contributed by atoms with Gasteiger partial charge in [-0.3, -0.25) is 4.98 Å². The van der Waals surface area contributed by atoms with Crippen LogP contribution >= 0.6 is 0 Å². The van der Waals surface area contributed by atoms with E-state index in [0.717, 1.165) is 24.5 Å². The first-order valence-electron chi connectivity index (χ1n) is 7.12. The molecule has 116 valence electrons. The Bertz CT molecular complexity index is 550. The smallest absolute Gasteiger partial charge is 0.223 e. The van der Waals surface area contributed by atoms with Gasteiger partial charge in [-0.1, -0.05) is 0 Å². The van der Waals surface area contributed by atoms with Crippen molar-refractivity contribution >= 4 is 5.95 Å².